The summed E-state index contributed by atoms with van der Waals surface area (Å²) >= 11 is 5.84. The molecule has 1 saturated heterocycles. The summed E-state index contributed by atoms with van der Waals surface area (Å²) in [5.41, 5.74) is 2.83. The number of aryl methyl sites for hydroxylation is 1. The van der Waals surface area contributed by atoms with Gasteiger partial charge >= 0.3 is 0 Å². The van der Waals surface area contributed by atoms with Crippen LogP contribution in [-0.2, 0) is 0 Å². The topological polar surface area (TPSA) is 97.0 Å². The highest BCUT2D eigenvalue weighted by Gasteiger charge is 2.32. The maximum Gasteiger partial charge on any atom is 0.230 e. The number of rotatable bonds is 5. The monoisotopic (exact) mass is 412 g/mol. The molecule has 150 valence electrons. The molecule has 0 bridgehead atoms. The number of pyridine rings is 1. The van der Waals surface area contributed by atoms with Crippen LogP contribution in [-0.4, -0.2) is 44.9 Å². The van der Waals surface area contributed by atoms with Gasteiger partial charge in [-0.15, -0.1) is 0 Å². The van der Waals surface area contributed by atoms with Crippen molar-refractivity contribution >= 4 is 29.4 Å². The maximum absolute atomic E-state index is 11.7. The first-order valence-electron chi connectivity index (χ1n) is 9.44. The van der Waals surface area contributed by atoms with E-state index in [9.17, 15) is 4.79 Å². The molecule has 0 amide bonds. The zero-order chi connectivity index (χ0) is 20.4. The Hall–Kier alpha value is -3.00. The number of aromatic nitrogens is 4. The van der Waals surface area contributed by atoms with Gasteiger partial charge in [-0.25, -0.2) is 15.0 Å². The number of aldehydes is 1. The van der Waals surface area contributed by atoms with Gasteiger partial charge in [0.1, 0.15) is 22.9 Å². The molecule has 4 heterocycles. The summed E-state index contributed by atoms with van der Waals surface area (Å²) in [7, 11) is 0. The third-order valence-corrected chi connectivity index (χ3v) is 5.45. The first kappa shape index (κ1) is 19.3. The van der Waals surface area contributed by atoms with Gasteiger partial charge in [0, 0.05) is 24.8 Å². The minimum atomic E-state index is 0.121. The molecular formula is C20H21ClN6O2. The van der Waals surface area contributed by atoms with Gasteiger partial charge in [0.25, 0.3) is 0 Å². The number of nitrogens with zero attached hydrogens (tertiary/aromatic N) is 5. The number of piperidine rings is 1. The smallest absolute Gasteiger partial charge is 0.230 e. The number of oxazole rings is 1. The van der Waals surface area contributed by atoms with Gasteiger partial charge in [0.05, 0.1) is 29.8 Å². The largest absolute Gasteiger partial charge is 0.444 e. The minimum Gasteiger partial charge on any atom is -0.444 e. The van der Waals surface area contributed by atoms with E-state index in [0.717, 1.165) is 36.9 Å². The van der Waals surface area contributed by atoms with Crippen LogP contribution in [0.25, 0.3) is 11.5 Å². The molecular weight excluding hydrogens is 392 g/mol. The lowest BCUT2D eigenvalue weighted by Gasteiger charge is -2.42. The molecule has 4 rings (SSSR count). The number of nitrogens with one attached hydrogen (secondary N) is 1. The predicted octanol–water partition coefficient (Wildman–Crippen LogP) is 3.77. The van der Waals surface area contributed by atoms with Crippen molar-refractivity contribution in [3.63, 3.8) is 0 Å². The van der Waals surface area contributed by atoms with Crippen LogP contribution in [0.5, 0.6) is 0 Å². The van der Waals surface area contributed by atoms with Crippen molar-refractivity contribution in [1.82, 2.24) is 19.9 Å². The maximum atomic E-state index is 11.7. The van der Waals surface area contributed by atoms with Crippen LogP contribution in [0.3, 0.4) is 0 Å². The van der Waals surface area contributed by atoms with E-state index in [0.29, 0.717) is 28.1 Å². The number of hydrogen-bond acceptors (Lipinski definition) is 8. The summed E-state index contributed by atoms with van der Waals surface area (Å²) in [6.45, 7) is 4.99. The Morgan fingerprint density at radius 2 is 2.10 bits per heavy atom. The van der Waals surface area contributed by atoms with Gasteiger partial charge in [0.15, 0.2) is 6.29 Å². The van der Waals surface area contributed by atoms with Crippen molar-refractivity contribution in [2.24, 2.45) is 0 Å². The SMILES string of the molecule is Cc1cnc(C=O)c(-c2ncco2)c1N1CCC[C@@H](Nc2cnc(Cl)cn2)[C@@H]1C. The van der Waals surface area contributed by atoms with Crippen molar-refractivity contribution in [1.29, 1.82) is 0 Å². The Morgan fingerprint density at radius 3 is 2.79 bits per heavy atom. The standard InChI is InChI=1S/C20H21ClN6O2/c1-12-8-23-15(11-28)18(20-22-5-7-29-20)19(12)27-6-3-4-14(13(27)2)26-17-10-24-16(21)9-25-17/h5,7-11,13-14H,3-4,6H2,1-2H3,(H,25,26)/t13-,14+/m0/s1. The molecule has 0 aromatic carbocycles. The third-order valence-electron chi connectivity index (χ3n) is 5.25. The Bertz CT molecular complexity index is 993. The summed E-state index contributed by atoms with van der Waals surface area (Å²) in [5.74, 6) is 1.07. The lowest BCUT2D eigenvalue weighted by molar-refractivity contribution is 0.111. The molecule has 0 unspecified atom stereocenters. The van der Waals surface area contributed by atoms with Crippen molar-refractivity contribution in [2.45, 2.75) is 38.8 Å². The molecule has 0 spiro atoms. The van der Waals surface area contributed by atoms with E-state index in [4.69, 9.17) is 16.0 Å². The van der Waals surface area contributed by atoms with Gasteiger partial charge in [-0.3, -0.25) is 9.78 Å². The Balaban J connectivity index is 1.70. The molecule has 1 aliphatic rings. The minimum absolute atomic E-state index is 0.121. The molecule has 8 nitrogen and oxygen atoms in total. The second kappa shape index (κ2) is 8.16. The molecule has 3 aromatic rings. The zero-order valence-electron chi connectivity index (χ0n) is 16.2. The van der Waals surface area contributed by atoms with Gasteiger partial charge in [0.2, 0.25) is 5.89 Å². The molecule has 0 saturated carbocycles. The van der Waals surface area contributed by atoms with E-state index in [-0.39, 0.29) is 12.1 Å². The van der Waals surface area contributed by atoms with Gasteiger partial charge in [-0.1, -0.05) is 11.6 Å². The molecule has 1 aliphatic heterocycles. The Morgan fingerprint density at radius 1 is 1.24 bits per heavy atom. The summed E-state index contributed by atoms with van der Waals surface area (Å²) in [5, 5.41) is 3.82. The Labute approximate surface area is 173 Å². The van der Waals surface area contributed by atoms with Crippen LogP contribution in [0.15, 0.2) is 35.5 Å². The fraction of sp³-hybridized carbons (Fsp3) is 0.350. The van der Waals surface area contributed by atoms with E-state index in [1.54, 1.807) is 18.6 Å². The van der Waals surface area contributed by atoms with Crippen LogP contribution in [0, 0.1) is 6.92 Å². The average molecular weight is 413 g/mol. The van der Waals surface area contributed by atoms with Crippen LogP contribution >= 0.6 is 11.6 Å². The van der Waals surface area contributed by atoms with Crippen LogP contribution < -0.4 is 10.2 Å². The quantitative estimate of drug-likeness (QED) is 0.632. The lowest BCUT2D eigenvalue weighted by atomic mass is 9.94. The molecule has 3 aromatic heterocycles. The van der Waals surface area contributed by atoms with E-state index >= 15 is 0 Å². The summed E-state index contributed by atoms with van der Waals surface area (Å²) in [4.78, 5) is 30.9. The van der Waals surface area contributed by atoms with E-state index < -0.39 is 0 Å². The van der Waals surface area contributed by atoms with Crippen LogP contribution in [0.1, 0.15) is 35.8 Å². The summed E-state index contributed by atoms with van der Waals surface area (Å²) in [6.07, 6.45) is 10.7. The lowest BCUT2D eigenvalue weighted by Crippen LogP contribution is -2.50. The van der Waals surface area contributed by atoms with Crippen LogP contribution in [0.4, 0.5) is 11.5 Å². The van der Waals surface area contributed by atoms with Gasteiger partial charge in [-0.05, 0) is 32.3 Å². The number of anilines is 2. The molecule has 0 aliphatic carbocycles. The number of hydrogen-bond donors (Lipinski definition) is 1. The van der Waals surface area contributed by atoms with Crippen molar-refractivity contribution in [2.75, 3.05) is 16.8 Å². The van der Waals surface area contributed by atoms with Gasteiger partial charge in [-0.2, -0.15) is 0 Å². The number of carbonyl (C=O) groups excluding carboxylic acids is 1. The molecule has 0 radical (unpaired) electrons. The van der Waals surface area contributed by atoms with Crippen molar-refractivity contribution < 1.29 is 9.21 Å². The highest BCUT2D eigenvalue weighted by Crippen LogP contribution is 2.38. The summed E-state index contributed by atoms with van der Waals surface area (Å²) in [6, 6.07) is 0.263. The van der Waals surface area contributed by atoms with E-state index in [1.165, 1.54) is 12.5 Å². The fourth-order valence-corrected chi connectivity index (χ4v) is 3.95. The molecule has 9 heteroatoms. The normalized spacial score (nSPS) is 19.2. The molecule has 1 fully saturated rings. The fourth-order valence-electron chi connectivity index (χ4n) is 3.86. The van der Waals surface area contributed by atoms with Crippen molar-refractivity contribution in [3.8, 4) is 11.5 Å². The first-order valence-corrected chi connectivity index (χ1v) is 9.81. The molecule has 1 N–H and O–H groups in total. The van der Waals surface area contributed by atoms with Gasteiger partial charge < -0.3 is 14.6 Å². The Kier molecular flexibility index (Phi) is 5.44. The molecule has 29 heavy (non-hydrogen) atoms. The molecule has 2 atom stereocenters. The predicted molar refractivity (Wildman–Crippen MR) is 110 cm³/mol. The third kappa shape index (κ3) is 3.80. The van der Waals surface area contributed by atoms with Crippen LogP contribution in [0.2, 0.25) is 5.15 Å². The average Bonchev–Trinajstić information content (AvgIpc) is 3.26. The van der Waals surface area contributed by atoms with Crippen molar-refractivity contribution in [3.05, 3.63) is 47.5 Å². The summed E-state index contributed by atoms with van der Waals surface area (Å²) < 4.78 is 5.53. The zero-order valence-corrected chi connectivity index (χ0v) is 16.9. The highest BCUT2D eigenvalue weighted by molar-refractivity contribution is 6.29. The van der Waals surface area contributed by atoms with E-state index in [2.05, 4.69) is 37.1 Å². The van der Waals surface area contributed by atoms with E-state index in [1.807, 2.05) is 6.92 Å². The second-order valence-corrected chi connectivity index (χ2v) is 7.44. The second-order valence-electron chi connectivity index (χ2n) is 7.06. The first-order chi connectivity index (χ1) is 14.1. The number of halogens is 1. The highest BCUT2D eigenvalue weighted by atomic mass is 35.5. The number of carbonyl (C=O) groups is 1.